The molecule has 0 spiro atoms. The molecule has 2 aromatic carbocycles. The Balaban J connectivity index is 1.48. The Labute approximate surface area is 181 Å². The first-order chi connectivity index (χ1) is 15.2. The third kappa shape index (κ3) is 5.01. The van der Waals surface area contributed by atoms with E-state index >= 15 is 0 Å². The van der Waals surface area contributed by atoms with E-state index in [1.165, 1.54) is 31.0 Å². The van der Waals surface area contributed by atoms with Gasteiger partial charge in [-0.05, 0) is 61.2 Å². The first kappa shape index (κ1) is 20.4. The zero-order chi connectivity index (χ0) is 21.5. The van der Waals surface area contributed by atoms with Crippen molar-refractivity contribution in [2.45, 2.75) is 19.3 Å². The number of hydrogen-bond acceptors (Lipinski definition) is 5. The van der Waals surface area contributed by atoms with Gasteiger partial charge in [-0.25, -0.2) is 0 Å². The highest BCUT2D eigenvalue weighted by Crippen LogP contribution is 2.33. The zero-order valence-corrected chi connectivity index (χ0v) is 17.3. The Morgan fingerprint density at radius 3 is 2.68 bits per heavy atom. The minimum absolute atomic E-state index is 0.0109. The van der Waals surface area contributed by atoms with Crippen LogP contribution in [-0.2, 0) is 4.79 Å². The fraction of sp³-hybridized carbons (Fsp3) is 0.240. The summed E-state index contributed by atoms with van der Waals surface area (Å²) >= 11 is 0. The Morgan fingerprint density at radius 2 is 1.90 bits per heavy atom. The maximum atomic E-state index is 12.5. The summed E-state index contributed by atoms with van der Waals surface area (Å²) in [4.78, 5) is 19.2. The number of nitriles is 1. The van der Waals surface area contributed by atoms with Crippen molar-refractivity contribution in [1.82, 2.24) is 4.98 Å². The van der Waals surface area contributed by atoms with Crippen LogP contribution >= 0.6 is 0 Å². The summed E-state index contributed by atoms with van der Waals surface area (Å²) in [6, 6.07) is 15.2. The topological polar surface area (TPSA) is 78.2 Å². The number of fused-ring (bicyclic) bond motifs is 1. The van der Waals surface area contributed by atoms with Crippen molar-refractivity contribution in [1.29, 1.82) is 5.26 Å². The number of carbonyl (C=O) groups excluding carboxylic acids is 1. The van der Waals surface area contributed by atoms with Crippen LogP contribution < -0.4 is 15.0 Å². The first-order valence-electron chi connectivity index (χ1n) is 10.4. The Bertz CT molecular complexity index is 1130. The van der Waals surface area contributed by atoms with Gasteiger partial charge >= 0.3 is 0 Å². The van der Waals surface area contributed by atoms with Gasteiger partial charge < -0.3 is 15.0 Å². The van der Waals surface area contributed by atoms with Gasteiger partial charge in [0.05, 0.1) is 5.69 Å². The van der Waals surface area contributed by atoms with Crippen LogP contribution in [0, 0.1) is 11.3 Å². The number of anilines is 2. The molecule has 1 aromatic heterocycles. The second kappa shape index (κ2) is 9.77. The monoisotopic (exact) mass is 412 g/mol. The van der Waals surface area contributed by atoms with Gasteiger partial charge in [-0.2, -0.15) is 5.26 Å². The number of carbonyl (C=O) groups is 1. The smallest absolute Gasteiger partial charge is 0.248 e. The van der Waals surface area contributed by atoms with Crippen molar-refractivity contribution in [3.8, 4) is 11.8 Å². The quantitative estimate of drug-likeness (QED) is 0.590. The summed E-state index contributed by atoms with van der Waals surface area (Å²) in [6.07, 6.45) is 10.6. The first-order valence-corrected chi connectivity index (χ1v) is 10.4. The lowest BCUT2D eigenvalue weighted by atomic mass is 10.1. The second-order valence-electron chi connectivity index (χ2n) is 7.44. The molecule has 1 amide bonds. The van der Waals surface area contributed by atoms with Crippen LogP contribution in [-0.4, -0.2) is 30.6 Å². The lowest BCUT2D eigenvalue weighted by Gasteiger charge is -2.30. The Kier molecular flexibility index (Phi) is 6.44. The number of benzene rings is 2. The minimum atomic E-state index is -0.208. The molecule has 31 heavy (non-hydrogen) atoms. The molecule has 1 saturated heterocycles. The molecule has 1 N–H and O–H groups in total. The molecule has 6 nitrogen and oxygen atoms in total. The van der Waals surface area contributed by atoms with Gasteiger partial charge in [-0.15, -0.1) is 0 Å². The molecule has 1 fully saturated rings. The molecular formula is C25H24N4O2. The number of nitrogens with one attached hydrogen (secondary N) is 1. The number of piperidine rings is 1. The molecule has 0 aliphatic carbocycles. The normalized spacial score (nSPS) is 13.8. The van der Waals surface area contributed by atoms with Gasteiger partial charge in [0.15, 0.2) is 6.61 Å². The number of amides is 1. The molecule has 0 atom stereocenters. The summed E-state index contributed by atoms with van der Waals surface area (Å²) in [6.45, 7) is 2.13. The van der Waals surface area contributed by atoms with E-state index in [0.29, 0.717) is 5.75 Å². The largest absolute Gasteiger partial charge is 0.479 e. The molecule has 1 aliphatic heterocycles. The SMILES string of the molecule is N#CCOc1ccc(/C=C/C(=O)Nc2ccc(N3CCCCC3)c3ccncc23)cc1. The van der Waals surface area contributed by atoms with E-state index in [-0.39, 0.29) is 12.5 Å². The number of hydrogen-bond donors (Lipinski definition) is 1. The fourth-order valence-corrected chi connectivity index (χ4v) is 3.83. The summed E-state index contributed by atoms with van der Waals surface area (Å²) in [7, 11) is 0. The van der Waals surface area contributed by atoms with Crippen molar-refractivity contribution in [3.63, 3.8) is 0 Å². The van der Waals surface area contributed by atoms with Gasteiger partial charge in [-0.3, -0.25) is 9.78 Å². The molecule has 6 heteroatoms. The van der Waals surface area contributed by atoms with Crippen LogP contribution in [0.3, 0.4) is 0 Å². The van der Waals surface area contributed by atoms with Crippen molar-refractivity contribution in [2.75, 3.05) is 29.9 Å². The molecule has 1 aliphatic rings. The number of rotatable bonds is 6. The predicted molar refractivity (Wildman–Crippen MR) is 123 cm³/mol. The predicted octanol–water partition coefficient (Wildman–Crippen LogP) is 4.78. The van der Waals surface area contributed by atoms with E-state index in [1.807, 2.05) is 36.5 Å². The standard InChI is InChI=1S/C25H24N4O2/c26-13-17-31-20-7-4-19(5-8-20)6-11-25(30)28-23-9-10-24(29-15-2-1-3-16-29)21-12-14-27-18-22(21)23/h4-12,14,18H,1-3,15-17H2,(H,28,30)/b11-6+. The van der Waals surface area contributed by atoms with Crippen molar-refractivity contribution in [3.05, 3.63) is 66.5 Å². The lowest BCUT2D eigenvalue weighted by Crippen LogP contribution is -2.29. The molecule has 2 heterocycles. The summed E-state index contributed by atoms with van der Waals surface area (Å²) < 4.78 is 5.24. The summed E-state index contributed by atoms with van der Waals surface area (Å²) in [5.74, 6) is 0.414. The van der Waals surface area contributed by atoms with Gasteiger partial charge in [-0.1, -0.05) is 12.1 Å². The molecule has 0 saturated carbocycles. The lowest BCUT2D eigenvalue weighted by molar-refractivity contribution is -0.111. The van der Waals surface area contributed by atoms with Crippen LogP contribution in [0.1, 0.15) is 24.8 Å². The van der Waals surface area contributed by atoms with Gasteiger partial charge in [0, 0.05) is 48.0 Å². The molecule has 4 rings (SSSR count). The Hall–Kier alpha value is -3.85. The average Bonchev–Trinajstić information content (AvgIpc) is 2.83. The highest BCUT2D eigenvalue weighted by molar-refractivity contribution is 6.09. The number of ether oxygens (including phenoxy) is 1. The minimum Gasteiger partial charge on any atom is -0.479 e. The summed E-state index contributed by atoms with van der Waals surface area (Å²) in [5, 5.41) is 13.6. The van der Waals surface area contributed by atoms with Crippen LogP contribution in [0.2, 0.25) is 0 Å². The van der Waals surface area contributed by atoms with Gasteiger partial charge in [0.25, 0.3) is 0 Å². The van der Waals surface area contributed by atoms with Crippen LogP contribution in [0.4, 0.5) is 11.4 Å². The molecule has 0 radical (unpaired) electrons. The third-order valence-corrected chi connectivity index (χ3v) is 5.36. The third-order valence-electron chi connectivity index (χ3n) is 5.36. The van der Waals surface area contributed by atoms with Crippen LogP contribution in [0.5, 0.6) is 5.75 Å². The Morgan fingerprint density at radius 1 is 1.10 bits per heavy atom. The van der Waals surface area contributed by atoms with Crippen molar-refractivity contribution in [2.24, 2.45) is 0 Å². The van der Waals surface area contributed by atoms with Crippen molar-refractivity contribution >= 4 is 34.1 Å². The molecular weight excluding hydrogens is 388 g/mol. The molecule has 0 unspecified atom stereocenters. The maximum Gasteiger partial charge on any atom is 0.248 e. The van der Waals surface area contributed by atoms with E-state index in [0.717, 1.165) is 35.1 Å². The fourth-order valence-electron chi connectivity index (χ4n) is 3.83. The highest BCUT2D eigenvalue weighted by Gasteiger charge is 2.15. The molecule has 156 valence electrons. The van der Waals surface area contributed by atoms with E-state index < -0.39 is 0 Å². The number of pyridine rings is 1. The number of aromatic nitrogens is 1. The van der Waals surface area contributed by atoms with E-state index in [1.54, 1.807) is 24.4 Å². The molecule has 0 bridgehead atoms. The number of nitrogens with zero attached hydrogens (tertiary/aromatic N) is 3. The van der Waals surface area contributed by atoms with E-state index in [4.69, 9.17) is 10.00 Å². The molecule has 3 aromatic rings. The summed E-state index contributed by atoms with van der Waals surface area (Å²) in [5.41, 5.74) is 2.81. The van der Waals surface area contributed by atoms with E-state index in [9.17, 15) is 4.79 Å². The van der Waals surface area contributed by atoms with Gasteiger partial charge in [0.1, 0.15) is 11.8 Å². The zero-order valence-electron chi connectivity index (χ0n) is 17.3. The van der Waals surface area contributed by atoms with Crippen molar-refractivity contribution < 1.29 is 9.53 Å². The highest BCUT2D eigenvalue weighted by atomic mass is 16.5. The second-order valence-corrected chi connectivity index (χ2v) is 7.44. The maximum absolute atomic E-state index is 12.5. The van der Waals surface area contributed by atoms with Gasteiger partial charge in [0.2, 0.25) is 5.91 Å². The van der Waals surface area contributed by atoms with E-state index in [2.05, 4.69) is 21.3 Å². The van der Waals surface area contributed by atoms with Crippen LogP contribution in [0.25, 0.3) is 16.8 Å². The van der Waals surface area contributed by atoms with Crippen LogP contribution in [0.15, 0.2) is 60.9 Å². The average molecular weight is 412 g/mol.